The summed E-state index contributed by atoms with van der Waals surface area (Å²) in [6.07, 6.45) is 7.84. The highest BCUT2D eigenvalue weighted by atomic mass is 16.6. The van der Waals surface area contributed by atoms with Gasteiger partial charge in [-0.1, -0.05) is 0 Å². The van der Waals surface area contributed by atoms with Crippen LogP contribution in [0.2, 0.25) is 0 Å². The van der Waals surface area contributed by atoms with Gasteiger partial charge in [-0.3, -0.25) is 4.57 Å². The molecule has 0 saturated heterocycles. The number of imidazole rings is 1. The van der Waals surface area contributed by atoms with Crippen molar-refractivity contribution in [3.05, 3.63) is 16.3 Å². The van der Waals surface area contributed by atoms with Crippen molar-refractivity contribution in [1.82, 2.24) is 9.55 Å². The van der Waals surface area contributed by atoms with E-state index in [0.29, 0.717) is 26.2 Å². The van der Waals surface area contributed by atoms with Crippen molar-refractivity contribution < 1.29 is 14.4 Å². The van der Waals surface area contributed by atoms with E-state index in [1.165, 1.54) is 6.20 Å². The van der Waals surface area contributed by atoms with Crippen LogP contribution >= 0.6 is 0 Å². The standard InChI is InChI=1S/C11H13N3O4/c1-2-3-4-5-17-9-6-13-7-10(14(15)16)12-11(13)18-8-9/h1,7,9H,3-6,8H2/t9-/m0/s1. The zero-order chi connectivity index (χ0) is 13.0. The number of terminal acetylenes is 1. The molecule has 0 amide bonds. The molecule has 0 aromatic carbocycles. The number of nitrogens with zero attached hydrogens (tertiary/aromatic N) is 3. The van der Waals surface area contributed by atoms with E-state index in [1.807, 2.05) is 0 Å². The number of unbranched alkanes of at least 4 members (excludes halogenated alkanes) is 1. The Bertz CT molecular complexity index is 477. The topological polar surface area (TPSA) is 79.4 Å². The highest BCUT2D eigenvalue weighted by molar-refractivity contribution is 5.21. The fraction of sp³-hybridized carbons (Fsp3) is 0.545. The van der Waals surface area contributed by atoms with Gasteiger partial charge in [-0.25, -0.2) is 0 Å². The van der Waals surface area contributed by atoms with Crippen LogP contribution in [-0.4, -0.2) is 33.8 Å². The molecule has 0 radical (unpaired) electrons. The quantitative estimate of drug-likeness (QED) is 0.337. The third-order valence-electron chi connectivity index (χ3n) is 2.53. The van der Waals surface area contributed by atoms with E-state index < -0.39 is 4.92 Å². The molecule has 2 heterocycles. The number of ether oxygens (including phenoxy) is 2. The summed E-state index contributed by atoms with van der Waals surface area (Å²) in [6.45, 7) is 1.42. The number of rotatable bonds is 5. The summed E-state index contributed by atoms with van der Waals surface area (Å²) in [5, 5.41) is 10.6. The van der Waals surface area contributed by atoms with E-state index in [2.05, 4.69) is 10.9 Å². The summed E-state index contributed by atoms with van der Waals surface area (Å²) in [5.41, 5.74) is 0. The normalized spacial score (nSPS) is 17.6. The molecule has 0 bridgehead atoms. The summed E-state index contributed by atoms with van der Waals surface area (Å²) in [4.78, 5) is 13.8. The van der Waals surface area contributed by atoms with Crippen LogP contribution in [0.5, 0.6) is 6.01 Å². The second-order valence-electron chi connectivity index (χ2n) is 3.90. The molecule has 18 heavy (non-hydrogen) atoms. The number of hydrogen-bond donors (Lipinski definition) is 0. The monoisotopic (exact) mass is 251 g/mol. The minimum absolute atomic E-state index is 0.121. The van der Waals surface area contributed by atoms with E-state index in [4.69, 9.17) is 15.9 Å². The van der Waals surface area contributed by atoms with Gasteiger partial charge in [-0.15, -0.1) is 12.3 Å². The molecule has 7 heteroatoms. The minimum atomic E-state index is -0.544. The van der Waals surface area contributed by atoms with E-state index in [1.54, 1.807) is 4.57 Å². The zero-order valence-corrected chi connectivity index (χ0v) is 9.74. The number of fused-ring (bicyclic) bond motifs is 1. The first kappa shape index (κ1) is 12.4. The van der Waals surface area contributed by atoms with Crippen LogP contribution in [0.1, 0.15) is 12.8 Å². The maximum atomic E-state index is 10.6. The van der Waals surface area contributed by atoms with Crippen LogP contribution < -0.4 is 4.74 Å². The summed E-state index contributed by atoms with van der Waals surface area (Å²) in [5.74, 6) is 2.33. The minimum Gasteiger partial charge on any atom is -0.443 e. The summed E-state index contributed by atoms with van der Waals surface area (Å²) in [6, 6.07) is 0.269. The highest BCUT2D eigenvalue weighted by Gasteiger charge is 2.27. The Kier molecular flexibility index (Phi) is 3.79. The molecule has 0 fully saturated rings. The van der Waals surface area contributed by atoms with Gasteiger partial charge in [0.2, 0.25) is 0 Å². The first-order valence-electron chi connectivity index (χ1n) is 5.60. The van der Waals surface area contributed by atoms with Crippen molar-refractivity contribution in [2.24, 2.45) is 0 Å². The Labute approximate surface area is 104 Å². The molecule has 1 aliphatic rings. The SMILES string of the molecule is C#CCCCO[C@@H]1COc2nc([N+](=O)[O-])cn2C1. The third-order valence-corrected chi connectivity index (χ3v) is 2.53. The summed E-state index contributed by atoms with van der Waals surface area (Å²) >= 11 is 0. The molecule has 2 rings (SSSR count). The molecule has 0 spiro atoms. The van der Waals surface area contributed by atoms with Crippen LogP contribution in [0.4, 0.5) is 5.82 Å². The van der Waals surface area contributed by atoms with Gasteiger partial charge in [0.05, 0.1) is 6.54 Å². The molecule has 1 aliphatic heterocycles. The fourth-order valence-corrected chi connectivity index (χ4v) is 1.68. The largest absolute Gasteiger partial charge is 0.443 e. The molecule has 1 aromatic rings. The van der Waals surface area contributed by atoms with Crippen molar-refractivity contribution in [3.63, 3.8) is 0 Å². The van der Waals surface area contributed by atoms with Gasteiger partial charge in [0.25, 0.3) is 0 Å². The van der Waals surface area contributed by atoms with E-state index in [9.17, 15) is 10.1 Å². The Morgan fingerprint density at radius 1 is 1.78 bits per heavy atom. The molecule has 0 saturated carbocycles. The smallest absolute Gasteiger partial charge is 0.414 e. The highest BCUT2D eigenvalue weighted by Crippen LogP contribution is 2.22. The zero-order valence-electron chi connectivity index (χ0n) is 9.74. The van der Waals surface area contributed by atoms with Crippen LogP contribution in [-0.2, 0) is 11.3 Å². The van der Waals surface area contributed by atoms with Gasteiger partial charge < -0.3 is 19.6 Å². The maximum absolute atomic E-state index is 10.6. The molecule has 0 aliphatic carbocycles. The Morgan fingerprint density at radius 3 is 3.33 bits per heavy atom. The van der Waals surface area contributed by atoms with Gasteiger partial charge in [0.1, 0.15) is 18.9 Å². The second kappa shape index (κ2) is 5.51. The Hall–Kier alpha value is -2.07. The lowest BCUT2D eigenvalue weighted by molar-refractivity contribution is -0.389. The first-order valence-corrected chi connectivity index (χ1v) is 5.60. The molecular weight excluding hydrogens is 238 g/mol. The maximum Gasteiger partial charge on any atom is 0.414 e. The lowest BCUT2D eigenvalue weighted by Crippen LogP contribution is -2.32. The second-order valence-corrected chi connectivity index (χ2v) is 3.90. The molecule has 1 aromatic heterocycles. The predicted octanol–water partition coefficient (Wildman–Crippen LogP) is 0.982. The first-order chi connectivity index (χ1) is 8.70. The van der Waals surface area contributed by atoms with Crippen LogP contribution in [0, 0.1) is 22.5 Å². The van der Waals surface area contributed by atoms with Crippen molar-refractivity contribution in [1.29, 1.82) is 0 Å². The van der Waals surface area contributed by atoms with Crippen molar-refractivity contribution in [3.8, 4) is 18.4 Å². The van der Waals surface area contributed by atoms with Gasteiger partial charge >= 0.3 is 11.8 Å². The third kappa shape index (κ3) is 2.78. The molecule has 0 N–H and O–H groups in total. The average molecular weight is 251 g/mol. The number of hydrogen-bond acceptors (Lipinski definition) is 5. The molecular formula is C11H13N3O4. The fourth-order valence-electron chi connectivity index (χ4n) is 1.68. The van der Waals surface area contributed by atoms with Gasteiger partial charge in [0, 0.05) is 18.0 Å². The lowest BCUT2D eigenvalue weighted by Gasteiger charge is -2.22. The van der Waals surface area contributed by atoms with Crippen molar-refractivity contribution in [2.75, 3.05) is 13.2 Å². The number of nitro groups is 1. The Morgan fingerprint density at radius 2 is 2.61 bits per heavy atom. The predicted molar refractivity (Wildman–Crippen MR) is 62.2 cm³/mol. The number of aromatic nitrogens is 2. The summed E-state index contributed by atoms with van der Waals surface area (Å²) in [7, 11) is 0. The van der Waals surface area contributed by atoms with Crippen LogP contribution in [0.3, 0.4) is 0 Å². The molecule has 1 atom stereocenters. The van der Waals surface area contributed by atoms with Gasteiger partial charge in [0.15, 0.2) is 0 Å². The summed E-state index contributed by atoms with van der Waals surface area (Å²) < 4.78 is 12.5. The van der Waals surface area contributed by atoms with E-state index in [-0.39, 0.29) is 17.9 Å². The van der Waals surface area contributed by atoms with Gasteiger partial charge in [-0.2, -0.15) is 0 Å². The van der Waals surface area contributed by atoms with E-state index >= 15 is 0 Å². The van der Waals surface area contributed by atoms with E-state index in [0.717, 1.165) is 6.42 Å². The van der Waals surface area contributed by atoms with Gasteiger partial charge in [-0.05, 0) is 11.3 Å². The molecule has 7 nitrogen and oxygen atoms in total. The van der Waals surface area contributed by atoms with Crippen molar-refractivity contribution in [2.45, 2.75) is 25.5 Å². The van der Waals surface area contributed by atoms with Crippen LogP contribution in [0.15, 0.2) is 6.20 Å². The molecule has 96 valence electrons. The Balaban J connectivity index is 1.89. The van der Waals surface area contributed by atoms with Crippen molar-refractivity contribution >= 4 is 5.82 Å². The van der Waals surface area contributed by atoms with Crippen LogP contribution in [0.25, 0.3) is 0 Å². The molecule has 0 unspecified atom stereocenters. The average Bonchev–Trinajstić information content (AvgIpc) is 2.78. The lowest BCUT2D eigenvalue weighted by atomic mass is 10.3.